The maximum absolute atomic E-state index is 12.8. The van der Waals surface area contributed by atoms with E-state index in [9.17, 15) is 4.79 Å². The number of tetrazole rings is 1. The molecule has 1 aromatic carbocycles. The zero-order chi connectivity index (χ0) is 16.4. The molecular formula is C17H22N6O. The van der Waals surface area contributed by atoms with Gasteiger partial charge in [0.05, 0.1) is 11.7 Å². The second kappa shape index (κ2) is 6.68. The van der Waals surface area contributed by atoms with Crippen molar-refractivity contribution >= 4 is 11.6 Å². The number of amides is 1. The van der Waals surface area contributed by atoms with Crippen LogP contribution in [0, 0.1) is 0 Å². The summed E-state index contributed by atoms with van der Waals surface area (Å²) in [5.41, 5.74) is 1.61. The van der Waals surface area contributed by atoms with Gasteiger partial charge in [-0.05, 0) is 60.9 Å². The minimum Gasteiger partial charge on any atom is -0.325 e. The van der Waals surface area contributed by atoms with E-state index in [2.05, 4.69) is 25.7 Å². The molecule has 1 aliphatic heterocycles. The summed E-state index contributed by atoms with van der Waals surface area (Å²) in [7, 11) is 0. The van der Waals surface area contributed by atoms with Crippen molar-refractivity contribution in [2.24, 2.45) is 0 Å². The van der Waals surface area contributed by atoms with E-state index < -0.39 is 0 Å². The Morgan fingerprint density at radius 1 is 1.17 bits per heavy atom. The molecule has 24 heavy (non-hydrogen) atoms. The average molecular weight is 326 g/mol. The van der Waals surface area contributed by atoms with Gasteiger partial charge in [0.15, 0.2) is 0 Å². The molecule has 0 unspecified atom stereocenters. The number of nitrogens with zero attached hydrogens (tertiary/aromatic N) is 5. The molecule has 2 fully saturated rings. The van der Waals surface area contributed by atoms with E-state index in [0.29, 0.717) is 6.04 Å². The Balaban J connectivity index is 1.46. The van der Waals surface area contributed by atoms with Crippen molar-refractivity contribution in [3.63, 3.8) is 0 Å². The van der Waals surface area contributed by atoms with Gasteiger partial charge in [-0.3, -0.25) is 9.69 Å². The second-order valence-electron chi connectivity index (χ2n) is 6.63. The van der Waals surface area contributed by atoms with Crippen LogP contribution in [0.4, 0.5) is 5.69 Å². The third kappa shape index (κ3) is 3.03. The van der Waals surface area contributed by atoms with Gasteiger partial charge >= 0.3 is 0 Å². The molecule has 7 nitrogen and oxygen atoms in total. The Morgan fingerprint density at radius 3 is 2.83 bits per heavy atom. The van der Waals surface area contributed by atoms with Crippen LogP contribution in [0.5, 0.6) is 0 Å². The lowest BCUT2D eigenvalue weighted by atomic mass is 10.1. The first-order valence-electron chi connectivity index (χ1n) is 8.71. The SMILES string of the molecule is O=C(Nc1cccc(-n2cnnn2)c1)[C@H]1CCCN1C1CCCC1. The van der Waals surface area contributed by atoms with Gasteiger partial charge in [-0.15, -0.1) is 5.10 Å². The van der Waals surface area contributed by atoms with Gasteiger partial charge in [-0.1, -0.05) is 18.9 Å². The summed E-state index contributed by atoms with van der Waals surface area (Å²) < 4.78 is 1.58. The van der Waals surface area contributed by atoms with Gasteiger partial charge in [0, 0.05) is 11.7 Å². The van der Waals surface area contributed by atoms with Crippen LogP contribution in [-0.2, 0) is 4.79 Å². The molecule has 7 heteroatoms. The molecule has 2 aromatic rings. The minimum absolute atomic E-state index is 0.00444. The fourth-order valence-electron chi connectivity index (χ4n) is 3.97. The van der Waals surface area contributed by atoms with E-state index in [1.807, 2.05) is 24.3 Å². The molecule has 1 atom stereocenters. The van der Waals surface area contributed by atoms with Crippen molar-refractivity contribution in [2.75, 3.05) is 11.9 Å². The van der Waals surface area contributed by atoms with Crippen molar-refractivity contribution < 1.29 is 4.79 Å². The van der Waals surface area contributed by atoms with E-state index in [1.165, 1.54) is 25.7 Å². The summed E-state index contributed by atoms with van der Waals surface area (Å²) in [4.78, 5) is 15.2. The third-order valence-corrected chi connectivity index (χ3v) is 5.12. The van der Waals surface area contributed by atoms with Crippen LogP contribution in [0.15, 0.2) is 30.6 Å². The standard InChI is InChI=1S/C17H22N6O/c24-17(16-9-4-10-22(16)14-6-1-2-7-14)19-13-5-3-8-15(11-13)23-12-18-20-21-23/h3,5,8,11-12,14,16H,1-2,4,6-7,9-10H2,(H,19,24)/t16-/m1/s1. The monoisotopic (exact) mass is 326 g/mol. The maximum atomic E-state index is 12.8. The van der Waals surface area contributed by atoms with Crippen molar-refractivity contribution in [1.29, 1.82) is 0 Å². The Kier molecular flexibility index (Phi) is 4.25. The number of likely N-dealkylation sites (tertiary alicyclic amines) is 1. The first kappa shape index (κ1) is 15.3. The smallest absolute Gasteiger partial charge is 0.241 e. The number of benzene rings is 1. The number of hydrogen-bond acceptors (Lipinski definition) is 5. The quantitative estimate of drug-likeness (QED) is 0.930. The summed E-state index contributed by atoms with van der Waals surface area (Å²) >= 11 is 0. The van der Waals surface area contributed by atoms with E-state index >= 15 is 0 Å². The zero-order valence-corrected chi connectivity index (χ0v) is 13.6. The molecule has 1 aliphatic carbocycles. The molecule has 1 N–H and O–H groups in total. The molecular weight excluding hydrogens is 304 g/mol. The fourth-order valence-corrected chi connectivity index (χ4v) is 3.97. The van der Waals surface area contributed by atoms with Crippen molar-refractivity contribution in [3.05, 3.63) is 30.6 Å². The zero-order valence-electron chi connectivity index (χ0n) is 13.6. The Labute approximate surface area is 141 Å². The number of hydrogen-bond donors (Lipinski definition) is 1. The first-order valence-corrected chi connectivity index (χ1v) is 8.71. The van der Waals surface area contributed by atoms with Gasteiger partial charge in [-0.2, -0.15) is 0 Å². The first-order chi connectivity index (χ1) is 11.8. The van der Waals surface area contributed by atoms with Gasteiger partial charge in [-0.25, -0.2) is 4.68 Å². The molecule has 126 valence electrons. The highest BCUT2D eigenvalue weighted by Gasteiger charge is 2.36. The number of carbonyl (C=O) groups is 1. The summed E-state index contributed by atoms with van der Waals surface area (Å²) in [5.74, 6) is 0.105. The molecule has 0 bridgehead atoms. The summed E-state index contributed by atoms with van der Waals surface area (Å²) in [5, 5.41) is 14.2. The van der Waals surface area contributed by atoms with Crippen LogP contribution < -0.4 is 5.32 Å². The molecule has 0 radical (unpaired) electrons. The third-order valence-electron chi connectivity index (χ3n) is 5.12. The molecule has 1 aromatic heterocycles. The lowest BCUT2D eigenvalue weighted by molar-refractivity contribution is -0.121. The fraction of sp³-hybridized carbons (Fsp3) is 0.529. The largest absolute Gasteiger partial charge is 0.325 e. The highest BCUT2D eigenvalue weighted by atomic mass is 16.2. The van der Waals surface area contributed by atoms with Crippen molar-refractivity contribution in [3.8, 4) is 5.69 Å². The lowest BCUT2D eigenvalue weighted by Gasteiger charge is -2.29. The van der Waals surface area contributed by atoms with E-state index in [0.717, 1.165) is 30.8 Å². The Bertz CT molecular complexity index is 695. The van der Waals surface area contributed by atoms with Crippen LogP contribution in [0.3, 0.4) is 0 Å². The molecule has 2 heterocycles. The highest BCUT2D eigenvalue weighted by Crippen LogP contribution is 2.30. The number of aromatic nitrogens is 4. The van der Waals surface area contributed by atoms with E-state index in [1.54, 1.807) is 11.0 Å². The normalized spacial score (nSPS) is 22.1. The molecule has 4 rings (SSSR count). The van der Waals surface area contributed by atoms with Crippen LogP contribution in [0.1, 0.15) is 38.5 Å². The number of rotatable bonds is 4. The Morgan fingerprint density at radius 2 is 2.04 bits per heavy atom. The van der Waals surface area contributed by atoms with Gasteiger partial charge in [0.2, 0.25) is 5.91 Å². The summed E-state index contributed by atoms with van der Waals surface area (Å²) in [6.07, 6.45) is 8.66. The van der Waals surface area contributed by atoms with E-state index in [-0.39, 0.29) is 11.9 Å². The predicted molar refractivity (Wildman–Crippen MR) is 89.8 cm³/mol. The number of anilines is 1. The molecule has 2 aliphatic rings. The Hall–Kier alpha value is -2.28. The van der Waals surface area contributed by atoms with Crippen molar-refractivity contribution in [2.45, 2.75) is 50.6 Å². The van der Waals surface area contributed by atoms with Gasteiger partial charge in [0.25, 0.3) is 0 Å². The van der Waals surface area contributed by atoms with Gasteiger partial charge < -0.3 is 5.32 Å². The van der Waals surface area contributed by atoms with Crippen LogP contribution >= 0.6 is 0 Å². The second-order valence-corrected chi connectivity index (χ2v) is 6.63. The van der Waals surface area contributed by atoms with Crippen LogP contribution in [0.25, 0.3) is 5.69 Å². The minimum atomic E-state index is 0.00444. The van der Waals surface area contributed by atoms with Gasteiger partial charge in [0.1, 0.15) is 6.33 Å². The van der Waals surface area contributed by atoms with Crippen molar-refractivity contribution in [1.82, 2.24) is 25.1 Å². The lowest BCUT2D eigenvalue weighted by Crippen LogP contribution is -2.44. The molecule has 1 amide bonds. The van der Waals surface area contributed by atoms with Crippen LogP contribution in [-0.4, -0.2) is 49.6 Å². The predicted octanol–water partition coefficient (Wildman–Crippen LogP) is 2.01. The summed E-state index contributed by atoms with van der Waals surface area (Å²) in [6, 6.07) is 8.20. The number of carbonyl (C=O) groups excluding carboxylic acids is 1. The molecule has 1 saturated heterocycles. The average Bonchev–Trinajstić information content (AvgIpc) is 3.35. The summed E-state index contributed by atoms with van der Waals surface area (Å²) in [6.45, 7) is 1.05. The molecule has 1 saturated carbocycles. The number of nitrogens with one attached hydrogen (secondary N) is 1. The van der Waals surface area contributed by atoms with E-state index in [4.69, 9.17) is 0 Å². The topological polar surface area (TPSA) is 75.9 Å². The highest BCUT2D eigenvalue weighted by molar-refractivity contribution is 5.95. The molecule has 0 spiro atoms. The van der Waals surface area contributed by atoms with Crippen LogP contribution in [0.2, 0.25) is 0 Å². The maximum Gasteiger partial charge on any atom is 0.241 e.